The molecule has 10 nitrogen and oxygen atoms in total. The van der Waals surface area contributed by atoms with E-state index in [9.17, 15) is 19.7 Å². The summed E-state index contributed by atoms with van der Waals surface area (Å²) < 4.78 is 2.25. The molecule has 0 radical (unpaired) electrons. The fraction of sp³-hybridized carbons (Fsp3) is 0. The highest BCUT2D eigenvalue weighted by Gasteiger charge is 2.22. The van der Waals surface area contributed by atoms with Crippen LogP contribution >= 0.6 is 23.2 Å². The summed E-state index contributed by atoms with van der Waals surface area (Å²) in [6.07, 6.45) is 2.39. The predicted octanol–water partition coefficient (Wildman–Crippen LogP) is 3.18. The van der Waals surface area contributed by atoms with Crippen LogP contribution in [-0.2, 0) is 0 Å². The lowest BCUT2D eigenvalue weighted by molar-refractivity contribution is -0.385. The maximum Gasteiger partial charge on any atom is 0.283 e. The van der Waals surface area contributed by atoms with Crippen molar-refractivity contribution < 1.29 is 9.72 Å². The number of halogens is 2. The number of nitrogens with one attached hydrogen (secondary N) is 1. The lowest BCUT2D eigenvalue weighted by atomic mass is 10.1. The van der Waals surface area contributed by atoms with Crippen LogP contribution in [0.2, 0.25) is 10.0 Å². The third-order valence-corrected chi connectivity index (χ3v) is 4.63. The van der Waals surface area contributed by atoms with Crippen molar-refractivity contribution in [3.8, 4) is 5.69 Å². The third kappa shape index (κ3) is 3.49. The summed E-state index contributed by atoms with van der Waals surface area (Å²) in [6, 6.07) is 10.4. The minimum absolute atomic E-state index is 0.123. The molecule has 2 heterocycles. The smallest absolute Gasteiger partial charge is 0.267 e. The van der Waals surface area contributed by atoms with E-state index in [1.807, 2.05) is 0 Å². The first-order chi connectivity index (χ1) is 14.3. The maximum absolute atomic E-state index is 12.8. The highest BCUT2D eigenvalue weighted by Crippen LogP contribution is 2.23. The molecule has 4 aromatic rings. The minimum Gasteiger partial charge on any atom is -0.267 e. The third-order valence-electron chi connectivity index (χ3n) is 4.16. The maximum atomic E-state index is 12.8. The second-order valence-electron chi connectivity index (χ2n) is 6.05. The second-order valence-corrected chi connectivity index (χ2v) is 6.93. The minimum atomic E-state index is -0.894. The Labute approximate surface area is 177 Å². The van der Waals surface area contributed by atoms with E-state index in [1.54, 1.807) is 24.3 Å². The molecule has 150 valence electrons. The van der Waals surface area contributed by atoms with Crippen LogP contribution in [0.3, 0.4) is 0 Å². The van der Waals surface area contributed by atoms with Crippen molar-refractivity contribution in [1.29, 1.82) is 0 Å². The fourth-order valence-corrected chi connectivity index (χ4v) is 3.16. The van der Waals surface area contributed by atoms with Crippen LogP contribution in [0.4, 0.5) is 5.69 Å². The highest BCUT2D eigenvalue weighted by atomic mass is 35.5. The highest BCUT2D eigenvalue weighted by molar-refractivity contribution is 6.31. The van der Waals surface area contributed by atoms with E-state index in [4.69, 9.17) is 23.2 Å². The molecule has 0 fully saturated rings. The fourth-order valence-electron chi connectivity index (χ4n) is 2.81. The van der Waals surface area contributed by atoms with Gasteiger partial charge in [-0.05, 0) is 30.3 Å². The zero-order valence-electron chi connectivity index (χ0n) is 14.8. The molecule has 0 atom stereocenters. The molecule has 0 aliphatic rings. The van der Waals surface area contributed by atoms with E-state index >= 15 is 0 Å². The van der Waals surface area contributed by atoms with Gasteiger partial charge in [0.05, 0.1) is 16.8 Å². The van der Waals surface area contributed by atoms with Crippen LogP contribution in [-0.4, -0.2) is 30.3 Å². The average molecular weight is 445 g/mol. The van der Waals surface area contributed by atoms with Crippen molar-refractivity contribution in [3.63, 3.8) is 0 Å². The Kier molecular flexibility index (Phi) is 4.94. The first kappa shape index (κ1) is 19.6. The number of nitro groups is 1. The number of hydrogen-bond donors (Lipinski definition) is 1. The van der Waals surface area contributed by atoms with Gasteiger partial charge in [-0.15, -0.1) is 0 Å². The molecule has 0 saturated heterocycles. The lowest BCUT2D eigenvalue weighted by Gasteiger charge is -2.09. The summed E-state index contributed by atoms with van der Waals surface area (Å²) in [5, 5.41) is 16.1. The predicted molar refractivity (Wildman–Crippen MR) is 110 cm³/mol. The van der Waals surface area contributed by atoms with Gasteiger partial charge in [0.1, 0.15) is 17.3 Å². The number of fused-ring (bicyclic) bond motifs is 1. The van der Waals surface area contributed by atoms with Gasteiger partial charge in [-0.3, -0.25) is 25.1 Å². The lowest BCUT2D eigenvalue weighted by Crippen LogP contribution is -2.33. The van der Waals surface area contributed by atoms with Gasteiger partial charge in [0.2, 0.25) is 0 Å². The van der Waals surface area contributed by atoms with Crippen LogP contribution in [0, 0.1) is 10.1 Å². The number of carbonyl (C=O) groups is 1. The molecule has 0 spiro atoms. The summed E-state index contributed by atoms with van der Waals surface area (Å²) in [4.78, 5) is 39.9. The zero-order chi connectivity index (χ0) is 21.4. The van der Waals surface area contributed by atoms with Gasteiger partial charge in [-0.25, -0.2) is 14.3 Å². The number of aromatic nitrogens is 4. The van der Waals surface area contributed by atoms with Crippen molar-refractivity contribution in [2.45, 2.75) is 0 Å². The molecule has 0 bridgehead atoms. The number of nitrogens with zero attached hydrogens (tertiary/aromatic N) is 5. The molecule has 0 saturated carbocycles. The zero-order valence-corrected chi connectivity index (χ0v) is 16.3. The molecule has 1 N–H and O–H groups in total. The number of amides is 1. The first-order valence-electron chi connectivity index (χ1n) is 8.32. The largest absolute Gasteiger partial charge is 0.283 e. The van der Waals surface area contributed by atoms with Crippen molar-refractivity contribution in [1.82, 2.24) is 19.4 Å². The van der Waals surface area contributed by atoms with Crippen LogP contribution in [0.5, 0.6) is 0 Å². The first-order valence-corrected chi connectivity index (χ1v) is 9.07. The molecule has 1 amide bonds. The molecule has 2 aromatic carbocycles. The van der Waals surface area contributed by atoms with Crippen molar-refractivity contribution in [2.75, 3.05) is 5.43 Å². The van der Waals surface area contributed by atoms with Gasteiger partial charge in [0, 0.05) is 16.1 Å². The van der Waals surface area contributed by atoms with Crippen LogP contribution in [0.1, 0.15) is 10.4 Å². The Balaban J connectivity index is 1.73. The Morgan fingerprint density at radius 2 is 1.90 bits per heavy atom. The van der Waals surface area contributed by atoms with Crippen molar-refractivity contribution in [2.24, 2.45) is 0 Å². The molecule has 0 unspecified atom stereocenters. The number of rotatable bonds is 4. The molecule has 0 aliphatic carbocycles. The summed E-state index contributed by atoms with van der Waals surface area (Å²) in [5.41, 5.74) is 1.76. The molecule has 12 heteroatoms. The van der Waals surface area contributed by atoms with Gasteiger partial charge < -0.3 is 0 Å². The number of carbonyl (C=O) groups excluding carboxylic acids is 1. The van der Waals surface area contributed by atoms with E-state index in [-0.39, 0.29) is 21.6 Å². The Morgan fingerprint density at radius 1 is 1.13 bits per heavy atom. The number of nitro benzene ring substituents is 1. The Hall–Kier alpha value is -3.76. The van der Waals surface area contributed by atoms with Crippen molar-refractivity contribution in [3.05, 3.63) is 91.1 Å². The number of hydrogen-bond acceptors (Lipinski definition) is 6. The van der Waals surface area contributed by atoms with Crippen molar-refractivity contribution >= 4 is 45.8 Å². The van der Waals surface area contributed by atoms with Gasteiger partial charge in [-0.1, -0.05) is 29.3 Å². The molecule has 30 heavy (non-hydrogen) atoms. The molecular weight excluding hydrogens is 435 g/mol. The van der Waals surface area contributed by atoms with Crippen LogP contribution in [0.25, 0.3) is 16.7 Å². The van der Waals surface area contributed by atoms with Crippen LogP contribution in [0.15, 0.2) is 59.8 Å². The quantitative estimate of drug-likeness (QED) is 0.380. The molecule has 0 aliphatic heterocycles. The van der Waals surface area contributed by atoms with Gasteiger partial charge in [0.15, 0.2) is 5.65 Å². The summed E-state index contributed by atoms with van der Waals surface area (Å²) >= 11 is 11.8. The van der Waals surface area contributed by atoms with Gasteiger partial charge in [-0.2, -0.15) is 5.10 Å². The SMILES string of the molecule is O=C(Nn1cnc2c(cnn2-c2cccc(Cl)c2)c1=O)c1cc(Cl)ccc1[N+](=O)[O-]. The topological polar surface area (TPSA) is 125 Å². The second kappa shape index (κ2) is 7.58. The van der Waals surface area contributed by atoms with E-state index in [2.05, 4.69) is 15.5 Å². The summed E-state index contributed by atoms with van der Waals surface area (Å²) in [5.74, 6) is -0.894. The molecular formula is C18H10Cl2N6O4. The standard InChI is InChI=1S/C18H10Cl2N6O4/c19-10-2-1-3-12(6-10)25-16-14(8-22-25)18(28)24(9-21-16)23-17(27)13-7-11(20)4-5-15(13)26(29)30/h1-9H,(H,23,27). The van der Waals surface area contributed by atoms with Gasteiger partial charge in [0.25, 0.3) is 17.2 Å². The van der Waals surface area contributed by atoms with E-state index in [0.29, 0.717) is 10.7 Å². The molecule has 4 rings (SSSR count). The Bertz CT molecular complexity index is 1380. The monoisotopic (exact) mass is 444 g/mol. The Morgan fingerprint density at radius 3 is 2.63 bits per heavy atom. The van der Waals surface area contributed by atoms with E-state index in [1.165, 1.54) is 16.9 Å². The summed E-state index contributed by atoms with van der Waals surface area (Å²) in [6.45, 7) is 0. The number of benzene rings is 2. The van der Waals surface area contributed by atoms with E-state index in [0.717, 1.165) is 23.1 Å². The van der Waals surface area contributed by atoms with E-state index < -0.39 is 22.1 Å². The average Bonchev–Trinajstić information content (AvgIpc) is 3.14. The normalized spacial score (nSPS) is 10.9. The van der Waals surface area contributed by atoms with Gasteiger partial charge >= 0.3 is 0 Å². The summed E-state index contributed by atoms with van der Waals surface area (Å²) in [7, 11) is 0. The molecule has 2 aromatic heterocycles. The van der Waals surface area contributed by atoms with Crippen LogP contribution < -0.4 is 11.0 Å².